The van der Waals surface area contributed by atoms with Gasteiger partial charge in [0.05, 0.1) is 17.4 Å². The molecule has 11 heteroatoms. The van der Waals surface area contributed by atoms with Crippen LogP contribution in [-0.4, -0.2) is 20.3 Å². The molecule has 0 amide bonds. The van der Waals surface area contributed by atoms with Crippen LogP contribution >= 0.6 is 11.6 Å². The number of rotatable bonds is 4. The van der Waals surface area contributed by atoms with Gasteiger partial charge in [-0.05, 0) is 25.1 Å². The van der Waals surface area contributed by atoms with Gasteiger partial charge >= 0.3 is 6.18 Å². The summed E-state index contributed by atoms with van der Waals surface area (Å²) in [7, 11) is 0. The predicted molar refractivity (Wildman–Crippen MR) is 84.1 cm³/mol. The quantitative estimate of drug-likeness (QED) is 0.706. The minimum absolute atomic E-state index is 0.0255. The molecule has 0 spiro atoms. The number of alkyl halides is 3. The van der Waals surface area contributed by atoms with Crippen LogP contribution in [0, 0.1) is 6.92 Å². The third-order valence-electron chi connectivity index (χ3n) is 2.98. The summed E-state index contributed by atoms with van der Waals surface area (Å²) in [6.45, 7) is 1.70. The van der Waals surface area contributed by atoms with Gasteiger partial charge in [-0.15, -0.1) is 5.10 Å². The first-order chi connectivity index (χ1) is 11.8. The molecule has 130 valence electrons. The average molecular weight is 371 g/mol. The van der Waals surface area contributed by atoms with Crippen molar-refractivity contribution in [2.45, 2.75) is 13.1 Å². The summed E-state index contributed by atoms with van der Waals surface area (Å²) in [5.41, 5.74) is -1.12. The molecule has 3 rings (SSSR count). The first kappa shape index (κ1) is 17.0. The van der Waals surface area contributed by atoms with Crippen LogP contribution < -0.4 is 10.6 Å². The SMILES string of the molecule is Cc1cc(Nc2nncc(Nc3ccc(Cl)cc3C(F)(F)F)n2)no1. The first-order valence-electron chi connectivity index (χ1n) is 6.85. The molecule has 0 saturated heterocycles. The van der Waals surface area contributed by atoms with E-state index in [1.165, 1.54) is 18.3 Å². The van der Waals surface area contributed by atoms with Gasteiger partial charge in [-0.3, -0.25) is 0 Å². The first-order valence-corrected chi connectivity index (χ1v) is 7.23. The molecule has 2 N–H and O–H groups in total. The zero-order chi connectivity index (χ0) is 18.0. The number of nitrogens with one attached hydrogen (secondary N) is 2. The lowest BCUT2D eigenvalue weighted by molar-refractivity contribution is -0.136. The monoisotopic (exact) mass is 370 g/mol. The molecule has 3 aromatic rings. The molecule has 0 saturated carbocycles. The number of anilines is 4. The van der Waals surface area contributed by atoms with E-state index in [9.17, 15) is 13.2 Å². The number of benzene rings is 1. The second kappa shape index (κ2) is 6.55. The summed E-state index contributed by atoms with van der Waals surface area (Å²) in [6.07, 6.45) is -3.39. The van der Waals surface area contributed by atoms with Gasteiger partial charge in [0.2, 0.25) is 5.95 Å². The molecule has 2 heterocycles. The molecule has 25 heavy (non-hydrogen) atoms. The molecule has 0 aliphatic rings. The number of aromatic nitrogens is 4. The summed E-state index contributed by atoms with van der Waals surface area (Å²) < 4.78 is 44.3. The lowest BCUT2D eigenvalue weighted by atomic mass is 10.1. The van der Waals surface area contributed by atoms with Gasteiger partial charge in [0.15, 0.2) is 11.6 Å². The Balaban J connectivity index is 1.85. The topological polar surface area (TPSA) is 88.8 Å². The molecule has 0 radical (unpaired) electrons. The Morgan fingerprint density at radius 1 is 1.12 bits per heavy atom. The Hall–Kier alpha value is -2.88. The Morgan fingerprint density at radius 2 is 1.92 bits per heavy atom. The Bertz CT molecular complexity index is 898. The third kappa shape index (κ3) is 4.15. The van der Waals surface area contributed by atoms with E-state index in [1.807, 2.05) is 0 Å². The standard InChI is InChI=1S/C14H10ClF3N6O/c1-7-4-11(24-25-7)21-13-22-12(6-19-23-13)20-10-3-2-8(15)5-9(10)14(16,17)18/h2-6H,1H3,(H2,20,21,22,23,24). The van der Waals surface area contributed by atoms with Gasteiger partial charge in [0, 0.05) is 11.1 Å². The van der Waals surface area contributed by atoms with E-state index in [4.69, 9.17) is 16.1 Å². The van der Waals surface area contributed by atoms with Crippen LogP contribution in [-0.2, 0) is 6.18 Å². The average Bonchev–Trinajstić information content (AvgIpc) is 2.93. The van der Waals surface area contributed by atoms with E-state index < -0.39 is 11.7 Å². The van der Waals surface area contributed by atoms with Crippen LogP contribution in [0.1, 0.15) is 11.3 Å². The number of aryl methyl sites for hydroxylation is 1. The van der Waals surface area contributed by atoms with Gasteiger partial charge < -0.3 is 15.2 Å². The van der Waals surface area contributed by atoms with E-state index in [1.54, 1.807) is 13.0 Å². The molecule has 0 atom stereocenters. The summed E-state index contributed by atoms with van der Waals surface area (Å²) in [6, 6.07) is 4.98. The highest BCUT2D eigenvalue weighted by atomic mass is 35.5. The fourth-order valence-electron chi connectivity index (χ4n) is 1.95. The maximum Gasteiger partial charge on any atom is 0.418 e. The van der Waals surface area contributed by atoms with Crippen LogP contribution in [0.5, 0.6) is 0 Å². The van der Waals surface area contributed by atoms with Crippen molar-refractivity contribution in [1.82, 2.24) is 20.3 Å². The molecule has 0 bridgehead atoms. The molecule has 7 nitrogen and oxygen atoms in total. The zero-order valence-electron chi connectivity index (χ0n) is 12.6. The van der Waals surface area contributed by atoms with Crippen LogP contribution in [0.15, 0.2) is 35.0 Å². The predicted octanol–water partition coefficient (Wildman–Crippen LogP) is 4.33. The molecule has 0 aliphatic carbocycles. The van der Waals surface area contributed by atoms with Crippen LogP contribution in [0.3, 0.4) is 0 Å². The van der Waals surface area contributed by atoms with Gasteiger partial charge in [-0.25, -0.2) is 0 Å². The van der Waals surface area contributed by atoms with Crippen molar-refractivity contribution < 1.29 is 17.7 Å². The Kier molecular flexibility index (Phi) is 4.45. The largest absolute Gasteiger partial charge is 0.418 e. The molecule has 1 aromatic carbocycles. The summed E-state index contributed by atoms with van der Waals surface area (Å²) >= 11 is 5.65. The van der Waals surface area contributed by atoms with Crippen molar-refractivity contribution in [2.24, 2.45) is 0 Å². The van der Waals surface area contributed by atoms with Crippen molar-refractivity contribution in [3.8, 4) is 0 Å². The maximum absolute atomic E-state index is 13.1. The minimum Gasteiger partial charge on any atom is -0.360 e. The fraction of sp³-hybridized carbons (Fsp3) is 0.143. The molecular weight excluding hydrogens is 361 g/mol. The Labute approximate surface area is 144 Å². The molecular formula is C14H10ClF3N6O. The molecule has 0 aliphatic heterocycles. The highest BCUT2D eigenvalue weighted by Crippen LogP contribution is 2.37. The summed E-state index contributed by atoms with van der Waals surface area (Å²) in [4.78, 5) is 4.04. The maximum atomic E-state index is 13.1. The van der Waals surface area contributed by atoms with E-state index in [2.05, 4.69) is 31.0 Å². The van der Waals surface area contributed by atoms with E-state index in [0.29, 0.717) is 11.6 Å². The van der Waals surface area contributed by atoms with Crippen molar-refractivity contribution in [3.63, 3.8) is 0 Å². The lowest BCUT2D eigenvalue weighted by Crippen LogP contribution is -2.10. The van der Waals surface area contributed by atoms with Gasteiger partial charge in [-0.2, -0.15) is 23.3 Å². The second-order valence-corrected chi connectivity index (χ2v) is 5.36. The lowest BCUT2D eigenvalue weighted by Gasteiger charge is -2.14. The smallest absolute Gasteiger partial charge is 0.360 e. The van der Waals surface area contributed by atoms with Crippen LogP contribution in [0.2, 0.25) is 5.02 Å². The van der Waals surface area contributed by atoms with Gasteiger partial charge in [0.25, 0.3) is 0 Å². The highest BCUT2D eigenvalue weighted by molar-refractivity contribution is 6.30. The van der Waals surface area contributed by atoms with E-state index in [-0.39, 0.29) is 22.5 Å². The summed E-state index contributed by atoms with van der Waals surface area (Å²) in [5, 5.41) is 16.4. The molecule has 0 fully saturated rings. The second-order valence-electron chi connectivity index (χ2n) is 4.93. The van der Waals surface area contributed by atoms with Crippen LogP contribution in [0.25, 0.3) is 0 Å². The normalized spacial score (nSPS) is 11.4. The van der Waals surface area contributed by atoms with Gasteiger partial charge in [-0.1, -0.05) is 16.8 Å². The van der Waals surface area contributed by atoms with Crippen molar-refractivity contribution in [2.75, 3.05) is 10.6 Å². The number of nitrogens with zero attached hydrogens (tertiary/aromatic N) is 4. The Morgan fingerprint density at radius 3 is 2.60 bits per heavy atom. The van der Waals surface area contributed by atoms with Gasteiger partial charge in [0.1, 0.15) is 5.76 Å². The number of halogens is 4. The summed E-state index contributed by atoms with van der Waals surface area (Å²) in [5.74, 6) is 1.02. The molecule has 0 unspecified atom stereocenters. The van der Waals surface area contributed by atoms with E-state index in [0.717, 1.165) is 6.07 Å². The molecule has 2 aromatic heterocycles. The van der Waals surface area contributed by atoms with Crippen molar-refractivity contribution in [3.05, 3.63) is 46.8 Å². The van der Waals surface area contributed by atoms with Crippen molar-refractivity contribution in [1.29, 1.82) is 0 Å². The highest BCUT2D eigenvalue weighted by Gasteiger charge is 2.34. The third-order valence-corrected chi connectivity index (χ3v) is 3.21. The fourth-order valence-corrected chi connectivity index (χ4v) is 2.13. The van der Waals surface area contributed by atoms with Crippen LogP contribution in [0.4, 0.5) is 36.4 Å². The van der Waals surface area contributed by atoms with Crippen molar-refractivity contribution >= 4 is 34.9 Å². The van der Waals surface area contributed by atoms with E-state index >= 15 is 0 Å². The minimum atomic E-state index is -4.58. The zero-order valence-corrected chi connectivity index (χ0v) is 13.4. The number of hydrogen-bond acceptors (Lipinski definition) is 7. The number of hydrogen-bond donors (Lipinski definition) is 2.